The molecule has 3 aromatic rings. The topological polar surface area (TPSA) is 31.2 Å². The number of nitrogens with zero attached hydrogens (tertiary/aromatic N) is 1. The smallest absolute Gasteiger partial charge is 0.223 e. The van der Waals surface area contributed by atoms with Gasteiger partial charge in [0.25, 0.3) is 0 Å². The van der Waals surface area contributed by atoms with E-state index >= 15 is 0 Å². The van der Waals surface area contributed by atoms with Crippen LogP contribution in [0.4, 0.5) is 0 Å². The summed E-state index contributed by atoms with van der Waals surface area (Å²) in [7, 11) is 0. The lowest BCUT2D eigenvalue weighted by Gasteiger charge is -2.10. The predicted octanol–water partition coefficient (Wildman–Crippen LogP) is 4.07. The summed E-state index contributed by atoms with van der Waals surface area (Å²) in [5.74, 6) is 0.321. The van der Waals surface area contributed by atoms with Crippen LogP contribution in [0.2, 0.25) is 5.02 Å². The van der Waals surface area contributed by atoms with Crippen LogP contribution < -0.4 is 10.2 Å². The van der Waals surface area contributed by atoms with E-state index in [1.54, 1.807) is 24.5 Å². The molecule has 0 fully saturated rings. The zero-order chi connectivity index (χ0) is 15.4. The fourth-order valence-electron chi connectivity index (χ4n) is 2.08. The van der Waals surface area contributed by atoms with E-state index in [1.165, 1.54) is 6.07 Å². The molecule has 0 spiro atoms. The fourth-order valence-corrected chi connectivity index (χ4v) is 2.21. The van der Waals surface area contributed by atoms with Crippen LogP contribution in [0.3, 0.4) is 0 Å². The quantitative estimate of drug-likeness (QED) is 0.727. The minimum absolute atomic E-state index is 0.138. The largest absolute Gasteiger partial charge is 0.483 e. The molecule has 0 unspecified atom stereocenters. The lowest BCUT2D eigenvalue weighted by molar-refractivity contribution is 0.301. The van der Waals surface area contributed by atoms with E-state index < -0.39 is 0 Å². The molecule has 0 bridgehead atoms. The zero-order valence-electron chi connectivity index (χ0n) is 11.8. The molecule has 110 valence electrons. The highest BCUT2D eigenvalue weighted by Crippen LogP contribution is 2.15. The molecule has 0 saturated heterocycles. The van der Waals surface area contributed by atoms with Crippen molar-refractivity contribution >= 4 is 11.6 Å². The van der Waals surface area contributed by atoms with Crippen molar-refractivity contribution < 1.29 is 4.74 Å². The minimum Gasteiger partial charge on any atom is -0.483 e. The van der Waals surface area contributed by atoms with E-state index in [4.69, 9.17) is 16.3 Å². The number of ether oxygens (including phenoxy) is 1. The molecule has 0 atom stereocenters. The highest BCUT2D eigenvalue weighted by atomic mass is 35.5. The molecule has 0 aliphatic heterocycles. The van der Waals surface area contributed by atoms with Crippen LogP contribution in [0.15, 0.2) is 77.9 Å². The summed E-state index contributed by atoms with van der Waals surface area (Å²) in [6, 6.07) is 18.6. The summed E-state index contributed by atoms with van der Waals surface area (Å²) in [6.07, 6.45) is 3.40. The van der Waals surface area contributed by atoms with Gasteiger partial charge in [-0.25, -0.2) is 0 Å². The van der Waals surface area contributed by atoms with E-state index in [1.807, 2.05) is 47.0 Å². The third-order valence-electron chi connectivity index (χ3n) is 3.25. The molecular formula is C18H14ClNO2. The lowest BCUT2D eigenvalue weighted by atomic mass is 10.2. The van der Waals surface area contributed by atoms with Gasteiger partial charge in [-0.1, -0.05) is 41.9 Å². The monoisotopic (exact) mass is 311 g/mol. The molecule has 2 aromatic carbocycles. The summed E-state index contributed by atoms with van der Waals surface area (Å²) in [5.41, 5.74) is 1.79. The van der Waals surface area contributed by atoms with Crippen LogP contribution in [0.5, 0.6) is 5.75 Å². The summed E-state index contributed by atoms with van der Waals surface area (Å²) in [5, 5.41) is 0.672. The van der Waals surface area contributed by atoms with Crippen molar-refractivity contribution in [2.45, 2.75) is 6.61 Å². The Balaban J connectivity index is 1.84. The second-order valence-corrected chi connectivity index (χ2v) is 5.27. The van der Waals surface area contributed by atoms with Gasteiger partial charge in [0.05, 0.1) is 6.20 Å². The predicted molar refractivity (Wildman–Crippen MR) is 87.8 cm³/mol. The summed E-state index contributed by atoms with van der Waals surface area (Å²) in [4.78, 5) is 11.9. The molecule has 0 amide bonds. The molecule has 0 N–H and O–H groups in total. The third kappa shape index (κ3) is 3.38. The van der Waals surface area contributed by atoms with Gasteiger partial charge >= 0.3 is 0 Å². The molecule has 3 nitrogen and oxygen atoms in total. The number of rotatable bonds is 4. The first-order valence-corrected chi connectivity index (χ1v) is 7.25. The Labute approximate surface area is 133 Å². The highest BCUT2D eigenvalue weighted by Gasteiger charge is 2.04. The first-order valence-electron chi connectivity index (χ1n) is 6.87. The Morgan fingerprint density at radius 1 is 0.955 bits per heavy atom. The van der Waals surface area contributed by atoms with E-state index in [9.17, 15) is 4.79 Å². The van der Waals surface area contributed by atoms with Gasteiger partial charge in [0.15, 0.2) is 5.75 Å². The van der Waals surface area contributed by atoms with Crippen molar-refractivity contribution in [1.29, 1.82) is 0 Å². The molecule has 1 aromatic heterocycles. The normalized spacial score (nSPS) is 10.4. The maximum absolute atomic E-state index is 11.9. The van der Waals surface area contributed by atoms with Gasteiger partial charge in [0.2, 0.25) is 5.43 Å². The molecule has 0 aliphatic rings. The van der Waals surface area contributed by atoms with Crippen LogP contribution in [-0.4, -0.2) is 4.57 Å². The molecule has 1 heterocycles. The molecule has 3 rings (SSSR count). The first-order chi connectivity index (χ1) is 10.7. The molecule has 4 heteroatoms. The van der Waals surface area contributed by atoms with Gasteiger partial charge in [0.1, 0.15) is 6.61 Å². The Bertz CT molecular complexity index is 810. The van der Waals surface area contributed by atoms with Crippen molar-refractivity contribution in [3.63, 3.8) is 0 Å². The van der Waals surface area contributed by atoms with Crippen molar-refractivity contribution in [2.75, 3.05) is 0 Å². The highest BCUT2D eigenvalue weighted by molar-refractivity contribution is 6.30. The summed E-state index contributed by atoms with van der Waals surface area (Å²) < 4.78 is 7.48. The Kier molecular flexibility index (Phi) is 4.26. The molecule has 0 saturated carbocycles. The number of pyridine rings is 1. The van der Waals surface area contributed by atoms with Crippen LogP contribution >= 0.6 is 11.6 Å². The standard InChI is InChI=1S/C18H14ClNO2/c19-15-6-8-16(9-7-15)20-11-10-17(21)18(12-20)22-13-14-4-2-1-3-5-14/h1-12H,13H2. The van der Waals surface area contributed by atoms with Gasteiger partial charge in [-0.3, -0.25) is 4.79 Å². The van der Waals surface area contributed by atoms with Gasteiger partial charge in [-0.15, -0.1) is 0 Å². The number of hydrogen-bond donors (Lipinski definition) is 0. The summed E-state index contributed by atoms with van der Waals surface area (Å²) in [6.45, 7) is 0.362. The Morgan fingerprint density at radius 3 is 2.41 bits per heavy atom. The molecule has 0 aliphatic carbocycles. The number of hydrogen-bond acceptors (Lipinski definition) is 2. The number of halogens is 1. The average Bonchev–Trinajstić information content (AvgIpc) is 2.56. The van der Waals surface area contributed by atoms with E-state index in [2.05, 4.69) is 0 Å². The van der Waals surface area contributed by atoms with E-state index in [-0.39, 0.29) is 5.43 Å². The molecule has 0 radical (unpaired) electrons. The number of benzene rings is 2. The Hall–Kier alpha value is -2.52. The van der Waals surface area contributed by atoms with E-state index in [0.717, 1.165) is 11.3 Å². The van der Waals surface area contributed by atoms with Crippen molar-refractivity contribution in [2.24, 2.45) is 0 Å². The molecular weight excluding hydrogens is 298 g/mol. The molecule has 22 heavy (non-hydrogen) atoms. The number of aromatic nitrogens is 1. The second-order valence-electron chi connectivity index (χ2n) is 4.83. The van der Waals surface area contributed by atoms with Crippen LogP contribution in [0.1, 0.15) is 5.56 Å². The average molecular weight is 312 g/mol. The van der Waals surface area contributed by atoms with E-state index in [0.29, 0.717) is 17.4 Å². The lowest BCUT2D eigenvalue weighted by Crippen LogP contribution is -2.10. The van der Waals surface area contributed by atoms with Gasteiger partial charge in [-0.2, -0.15) is 0 Å². The van der Waals surface area contributed by atoms with Crippen LogP contribution in [-0.2, 0) is 6.61 Å². The van der Waals surface area contributed by atoms with Gasteiger partial charge < -0.3 is 9.30 Å². The SMILES string of the molecule is O=c1ccn(-c2ccc(Cl)cc2)cc1OCc1ccccc1. The third-order valence-corrected chi connectivity index (χ3v) is 3.50. The maximum atomic E-state index is 11.9. The van der Waals surface area contributed by atoms with Gasteiger partial charge in [-0.05, 0) is 29.8 Å². The summed E-state index contributed by atoms with van der Waals surface area (Å²) >= 11 is 5.89. The fraction of sp³-hybridized carbons (Fsp3) is 0.0556. The zero-order valence-corrected chi connectivity index (χ0v) is 12.5. The van der Waals surface area contributed by atoms with Crippen molar-refractivity contribution in [3.05, 3.63) is 93.9 Å². The van der Waals surface area contributed by atoms with Gasteiger partial charge in [0, 0.05) is 23.0 Å². The Morgan fingerprint density at radius 2 is 1.68 bits per heavy atom. The van der Waals surface area contributed by atoms with Crippen LogP contribution in [0.25, 0.3) is 5.69 Å². The maximum Gasteiger partial charge on any atom is 0.223 e. The second kappa shape index (κ2) is 6.50. The first kappa shape index (κ1) is 14.4. The van der Waals surface area contributed by atoms with Crippen molar-refractivity contribution in [1.82, 2.24) is 4.57 Å². The minimum atomic E-state index is -0.138. The van der Waals surface area contributed by atoms with Crippen molar-refractivity contribution in [3.8, 4) is 11.4 Å². The van der Waals surface area contributed by atoms with Crippen LogP contribution in [0, 0.1) is 0 Å².